The Balaban J connectivity index is 1.71. The molecule has 4 rings (SSSR count). The molecular formula is C26H36BrN5O3SSi. The lowest BCUT2D eigenvalue weighted by Crippen LogP contribution is -2.43. The molecule has 0 unspecified atom stereocenters. The monoisotopic (exact) mass is 605 g/mol. The summed E-state index contributed by atoms with van der Waals surface area (Å²) in [6.45, 7) is 13.2. The van der Waals surface area contributed by atoms with Crippen LogP contribution in [0.5, 0.6) is 5.75 Å². The van der Waals surface area contributed by atoms with E-state index in [1.807, 2.05) is 24.4 Å². The van der Waals surface area contributed by atoms with E-state index in [1.54, 1.807) is 10.7 Å². The van der Waals surface area contributed by atoms with Gasteiger partial charge in [0.05, 0.1) is 40.2 Å². The van der Waals surface area contributed by atoms with E-state index in [-0.39, 0.29) is 22.6 Å². The minimum absolute atomic E-state index is 0.0928. The first-order valence-electron chi connectivity index (χ1n) is 12.5. The van der Waals surface area contributed by atoms with Crippen molar-refractivity contribution < 1.29 is 12.8 Å². The minimum Gasteiger partial charge on any atom is -0.543 e. The number of nitrogens with one attached hydrogen (secondary N) is 1. The predicted octanol–water partition coefficient (Wildman–Crippen LogP) is 5.68. The number of hydrogen-bond donors (Lipinski definition) is 2. The lowest BCUT2D eigenvalue weighted by atomic mass is 10.1. The first kappa shape index (κ1) is 27.7. The van der Waals surface area contributed by atoms with Crippen LogP contribution in [0.4, 0.5) is 11.4 Å². The van der Waals surface area contributed by atoms with Crippen LogP contribution >= 0.6 is 15.9 Å². The fourth-order valence-electron chi connectivity index (χ4n) is 4.14. The molecule has 3 aromatic rings. The molecular weight excluding hydrogens is 570 g/mol. The molecule has 8 nitrogen and oxygen atoms in total. The first-order valence-corrected chi connectivity index (χ1v) is 18.0. The molecule has 2 aromatic heterocycles. The standard InChI is InChI=1S/C26H36BrN5O3SSi/c1-7-17-12-20(35-37(5,6)26(2,3)4)8-9-22(17)31-25(28)21-14-29-32-15-18(27)13-23(32)24(21)30-19-10-11-36(33,34)16-19/h8-9,12-15,19,30H,7,10-11,16H2,1-6H3,(H2,28,31)/t19-/m1/s1. The number of rotatable bonds is 7. The summed E-state index contributed by atoms with van der Waals surface area (Å²) in [6, 6.07) is 7.69. The molecule has 0 amide bonds. The van der Waals surface area contributed by atoms with Crippen molar-refractivity contribution >= 4 is 56.8 Å². The number of halogens is 1. The zero-order chi connectivity index (χ0) is 27.2. The number of nitrogens with two attached hydrogens (primary N) is 1. The number of aryl methyl sites for hydroxylation is 1. The van der Waals surface area contributed by atoms with Gasteiger partial charge < -0.3 is 15.5 Å². The third-order valence-electron chi connectivity index (χ3n) is 7.31. The van der Waals surface area contributed by atoms with Gasteiger partial charge in [-0.15, -0.1) is 0 Å². The number of fused-ring (bicyclic) bond motifs is 1. The largest absolute Gasteiger partial charge is 0.543 e. The van der Waals surface area contributed by atoms with Gasteiger partial charge in [-0.05, 0) is 76.7 Å². The molecule has 1 fully saturated rings. The summed E-state index contributed by atoms with van der Waals surface area (Å²) in [7, 11) is -5.01. The number of amidine groups is 1. The molecule has 1 atom stereocenters. The van der Waals surface area contributed by atoms with Gasteiger partial charge >= 0.3 is 0 Å². The third-order valence-corrected chi connectivity index (χ3v) is 13.9. The Kier molecular flexibility index (Phi) is 7.53. The second-order valence-corrected chi connectivity index (χ2v) is 19.0. The number of anilines is 1. The number of aliphatic imine (C=N–C) groups is 1. The topological polar surface area (TPSA) is 111 Å². The van der Waals surface area contributed by atoms with E-state index in [1.165, 1.54) is 0 Å². The van der Waals surface area contributed by atoms with Gasteiger partial charge in [0.15, 0.2) is 9.84 Å². The summed E-state index contributed by atoms with van der Waals surface area (Å²) in [5, 5.41) is 8.03. The van der Waals surface area contributed by atoms with Crippen molar-refractivity contribution in [3.63, 3.8) is 0 Å². The maximum absolute atomic E-state index is 12.1. The zero-order valence-electron chi connectivity index (χ0n) is 22.3. The maximum atomic E-state index is 12.1. The first-order chi connectivity index (χ1) is 17.2. The Morgan fingerprint density at radius 2 is 2.05 bits per heavy atom. The Bertz CT molecular complexity index is 1460. The molecule has 0 radical (unpaired) electrons. The average molecular weight is 607 g/mol. The van der Waals surface area contributed by atoms with E-state index in [2.05, 4.69) is 73.2 Å². The van der Waals surface area contributed by atoms with Crippen LogP contribution in [-0.4, -0.2) is 49.7 Å². The Morgan fingerprint density at radius 3 is 2.68 bits per heavy atom. The van der Waals surface area contributed by atoms with Gasteiger partial charge in [0.2, 0.25) is 8.32 Å². The number of aromatic nitrogens is 2. The van der Waals surface area contributed by atoms with Crippen molar-refractivity contribution in [3.05, 3.63) is 52.3 Å². The predicted molar refractivity (Wildman–Crippen MR) is 158 cm³/mol. The summed E-state index contributed by atoms with van der Waals surface area (Å²) in [4.78, 5) is 4.79. The van der Waals surface area contributed by atoms with Crippen LogP contribution in [0.15, 0.2) is 46.1 Å². The van der Waals surface area contributed by atoms with Crippen LogP contribution in [0.25, 0.3) is 5.52 Å². The van der Waals surface area contributed by atoms with E-state index >= 15 is 0 Å². The summed E-state index contributed by atoms with van der Waals surface area (Å²) in [5.74, 6) is 1.43. The van der Waals surface area contributed by atoms with Gasteiger partial charge in [-0.1, -0.05) is 27.7 Å². The number of benzene rings is 1. The molecule has 1 aliphatic rings. The molecule has 0 aliphatic carbocycles. The van der Waals surface area contributed by atoms with Crippen molar-refractivity contribution in [2.24, 2.45) is 10.7 Å². The highest BCUT2D eigenvalue weighted by molar-refractivity contribution is 9.10. The molecule has 1 aromatic carbocycles. The Labute approximate surface area is 228 Å². The SMILES string of the molecule is CCc1cc(O[Si](C)(C)C(C)(C)C)ccc1/N=C(\N)c1cnn2cc(Br)cc2c1N[C@@H]1CCS(=O)(=O)C1. The number of hydrogen-bond acceptors (Lipinski definition) is 6. The lowest BCUT2D eigenvalue weighted by Gasteiger charge is -2.36. The molecule has 200 valence electrons. The summed E-state index contributed by atoms with van der Waals surface area (Å²) in [5.41, 5.74) is 10.5. The Hall–Kier alpha value is -2.37. The van der Waals surface area contributed by atoms with E-state index in [9.17, 15) is 8.42 Å². The number of nitrogens with zero attached hydrogens (tertiary/aromatic N) is 3. The van der Waals surface area contributed by atoms with E-state index < -0.39 is 18.2 Å². The molecule has 3 N–H and O–H groups in total. The second kappa shape index (κ2) is 10.1. The molecule has 1 saturated heterocycles. The molecule has 37 heavy (non-hydrogen) atoms. The van der Waals surface area contributed by atoms with Crippen LogP contribution in [0.1, 0.15) is 45.2 Å². The Morgan fingerprint density at radius 1 is 1.32 bits per heavy atom. The lowest BCUT2D eigenvalue weighted by molar-refractivity contribution is 0.492. The highest BCUT2D eigenvalue weighted by Gasteiger charge is 2.39. The van der Waals surface area contributed by atoms with Crippen LogP contribution in [0.3, 0.4) is 0 Å². The quantitative estimate of drug-likeness (QED) is 0.204. The summed E-state index contributed by atoms with van der Waals surface area (Å²) >= 11 is 3.51. The van der Waals surface area contributed by atoms with Crippen molar-refractivity contribution in [2.45, 2.75) is 64.7 Å². The molecule has 1 aliphatic heterocycles. The molecule has 0 spiro atoms. The van der Waals surface area contributed by atoms with Crippen LogP contribution in [0, 0.1) is 0 Å². The van der Waals surface area contributed by atoms with Gasteiger partial charge in [0, 0.05) is 16.7 Å². The van der Waals surface area contributed by atoms with Gasteiger partial charge in [-0.3, -0.25) is 0 Å². The third kappa shape index (κ3) is 6.04. The van der Waals surface area contributed by atoms with Crippen molar-refractivity contribution in [3.8, 4) is 5.75 Å². The molecule has 3 heterocycles. The van der Waals surface area contributed by atoms with Gasteiger partial charge in [-0.25, -0.2) is 17.9 Å². The smallest absolute Gasteiger partial charge is 0.250 e. The van der Waals surface area contributed by atoms with E-state index in [4.69, 9.17) is 15.2 Å². The second-order valence-electron chi connectivity index (χ2n) is 11.2. The maximum Gasteiger partial charge on any atom is 0.250 e. The summed E-state index contributed by atoms with van der Waals surface area (Å²) in [6.07, 6.45) is 4.84. The fraction of sp³-hybridized carbons (Fsp3) is 0.462. The zero-order valence-corrected chi connectivity index (χ0v) is 25.7. The normalized spacial score (nSPS) is 18.4. The fourth-order valence-corrected chi connectivity index (χ4v) is 7.25. The van der Waals surface area contributed by atoms with Crippen LogP contribution in [0.2, 0.25) is 18.1 Å². The molecule has 11 heteroatoms. The van der Waals surface area contributed by atoms with Crippen LogP contribution in [-0.2, 0) is 16.3 Å². The highest BCUT2D eigenvalue weighted by atomic mass is 79.9. The van der Waals surface area contributed by atoms with Gasteiger partial charge in [0.25, 0.3) is 0 Å². The van der Waals surface area contributed by atoms with Crippen LogP contribution < -0.4 is 15.5 Å². The average Bonchev–Trinajstić information content (AvgIpc) is 3.34. The van der Waals surface area contributed by atoms with Crippen molar-refractivity contribution in [2.75, 3.05) is 16.8 Å². The number of sulfone groups is 1. The summed E-state index contributed by atoms with van der Waals surface area (Å²) < 4.78 is 33.2. The highest BCUT2D eigenvalue weighted by Crippen LogP contribution is 2.38. The molecule has 0 saturated carbocycles. The van der Waals surface area contributed by atoms with Gasteiger partial charge in [-0.2, -0.15) is 5.10 Å². The van der Waals surface area contributed by atoms with E-state index in [0.29, 0.717) is 17.8 Å². The minimum atomic E-state index is -3.05. The van der Waals surface area contributed by atoms with Crippen molar-refractivity contribution in [1.29, 1.82) is 0 Å². The van der Waals surface area contributed by atoms with E-state index in [0.717, 1.165) is 39.1 Å². The molecule has 0 bridgehead atoms. The van der Waals surface area contributed by atoms with Crippen molar-refractivity contribution in [1.82, 2.24) is 9.61 Å². The van der Waals surface area contributed by atoms with Gasteiger partial charge in [0.1, 0.15) is 11.6 Å².